The third-order valence-electron chi connectivity index (χ3n) is 6.59. The Kier molecular flexibility index (Phi) is 6.30. The Morgan fingerprint density at radius 2 is 1.57 bits per heavy atom. The highest BCUT2D eigenvalue weighted by Crippen LogP contribution is 2.44. The molecule has 178 valence electrons. The maximum atomic E-state index is 12.5. The monoisotopic (exact) mass is 534 g/mol. The number of hydrogen-bond acceptors (Lipinski definition) is 4. The number of carboxylic acid groups (broad SMARTS) is 1. The number of halogens is 1. The number of ether oxygens (including phenoxy) is 1. The van der Waals surface area contributed by atoms with Gasteiger partial charge in [0.05, 0.1) is 5.56 Å². The first kappa shape index (κ1) is 23.1. The number of anilines is 1. The molecule has 0 spiro atoms. The number of carboxylic acids is 1. The van der Waals surface area contributed by atoms with Gasteiger partial charge in [0, 0.05) is 28.0 Å². The quantitative estimate of drug-likeness (QED) is 0.392. The van der Waals surface area contributed by atoms with Crippen LogP contribution in [0.25, 0.3) is 11.1 Å². The first-order valence-electron chi connectivity index (χ1n) is 11.4. The van der Waals surface area contributed by atoms with E-state index < -0.39 is 12.1 Å². The van der Waals surface area contributed by atoms with Crippen LogP contribution in [0.1, 0.15) is 40.2 Å². The molecule has 2 aliphatic rings. The molecule has 0 aromatic heterocycles. The Labute approximate surface area is 210 Å². The van der Waals surface area contributed by atoms with Gasteiger partial charge in [0.1, 0.15) is 6.61 Å². The molecule has 7 nitrogen and oxygen atoms in total. The third kappa shape index (κ3) is 4.79. The van der Waals surface area contributed by atoms with Crippen molar-refractivity contribution < 1.29 is 24.2 Å². The van der Waals surface area contributed by atoms with Gasteiger partial charge in [-0.25, -0.2) is 9.59 Å². The van der Waals surface area contributed by atoms with Crippen LogP contribution in [-0.2, 0) is 9.53 Å². The molecule has 2 amide bonds. The van der Waals surface area contributed by atoms with Crippen LogP contribution < -0.4 is 10.6 Å². The Hall–Kier alpha value is -3.65. The van der Waals surface area contributed by atoms with Crippen LogP contribution in [0.4, 0.5) is 10.5 Å². The summed E-state index contributed by atoms with van der Waals surface area (Å²) in [6, 6.07) is 20.7. The molecule has 0 atom stereocenters. The van der Waals surface area contributed by atoms with Crippen LogP contribution in [0.2, 0.25) is 0 Å². The molecule has 0 unspecified atom stereocenters. The Bertz CT molecular complexity index is 1270. The van der Waals surface area contributed by atoms with Crippen molar-refractivity contribution >= 4 is 39.6 Å². The second-order valence-corrected chi connectivity index (χ2v) is 9.77. The second kappa shape index (κ2) is 9.54. The fourth-order valence-corrected chi connectivity index (χ4v) is 5.28. The van der Waals surface area contributed by atoms with E-state index >= 15 is 0 Å². The molecule has 5 rings (SSSR count). The minimum atomic E-state index is -1.07. The molecular formula is C27H23BrN2O5. The van der Waals surface area contributed by atoms with Crippen LogP contribution in [0.5, 0.6) is 0 Å². The van der Waals surface area contributed by atoms with Crippen molar-refractivity contribution in [1.82, 2.24) is 5.32 Å². The molecule has 1 saturated carbocycles. The summed E-state index contributed by atoms with van der Waals surface area (Å²) in [6.07, 6.45) is 0.500. The number of aromatic carboxylic acids is 1. The number of carbonyl (C=O) groups is 3. The van der Waals surface area contributed by atoms with Gasteiger partial charge in [-0.2, -0.15) is 0 Å². The van der Waals surface area contributed by atoms with E-state index in [1.54, 1.807) is 6.07 Å². The van der Waals surface area contributed by atoms with E-state index in [0.29, 0.717) is 23.0 Å². The minimum Gasteiger partial charge on any atom is -0.478 e. The zero-order valence-electron chi connectivity index (χ0n) is 18.7. The lowest BCUT2D eigenvalue weighted by molar-refractivity contribution is -0.122. The minimum absolute atomic E-state index is 0.00560. The zero-order valence-corrected chi connectivity index (χ0v) is 20.2. The van der Waals surface area contributed by atoms with Crippen molar-refractivity contribution in [2.45, 2.75) is 24.8 Å². The maximum absolute atomic E-state index is 12.5. The van der Waals surface area contributed by atoms with Gasteiger partial charge in [-0.1, -0.05) is 64.5 Å². The van der Waals surface area contributed by atoms with Gasteiger partial charge >= 0.3 is 12.1 Å². The van der Waals surface area contributed by atoms with Crippen molar-refractivity contribution in [2.75, 3.05) is 11.9 Å². The van der Waals surface area contributed by atoms with Crippen LogP contribution in [0.15, 0.2) is 71.2 Å². The summed E-state index contributed by atoms with van der Waals surface area (Å²) in [5.74, 6) is -1.54. The number of hydrogen-bond donors (Lipinski definition) is 3. The number of alkyl carbamates (subject to hydrolysis) is 1. The van der Waals surface area contributed by atoms with Crippen molar-refractivity contribution in [1.29, 1.82) is 0 Å². The summed E-state index contributed by atoms with van der Waals surface area (Å²) in [5.41, 5.74) is 5.14. The largest absolute Gasteiger partial charge is 0.478 e. The summed E-state index contributed by atoms with van der Waals surface area (Å²) < 4.78 is 6.14. The Morgan fingerprint density at radius 1 is 0.943 bits per heavy atom. The molecule has 8 heteroatoms. The predicted molar refractivity (Wildman–Crippen MR) is 134 cm³/mol. The highest BCUT2D eigenvalue weighted by molar-refractivity contribution is 9.10. The molecule has 3 N–H and O–H groups in total. The van der Waals surface area contributed by atoms with Crippen LogP contribution in [0, 0.1) is 5.92 Å². The Morgan fingerprint density at radius 3 is 2.20 bits per heavy atom. The van der Waals surface area contributed by atoms with Crippen LogP contribution in [-0.4, -0.2) is 35.7 Å². The van der Waals surface area contributed by atoms with E-state index in [9.17, 15) is 19.5 Å². The molecular weight excluding hydrogens is 512 g/mol. The zero-order chi connectivity index (χ0) is 24.5. The first-order valence-corrected chi connectivity index (χ1v) is 12.1. The van der Waals surface area contributed by atoms with Crippen molar-refractivity contribution in [3.8, 4) is 11.1 Å². The molecule has 1 fully saturated rings. The Balaban J connectivity index is 1.12. The van der Waals surface area contributed by atoms with E-state index in [4.69, 9.17) is 4.74 Å². The second-order valence-electron chi connectivity index (χ2n) is 8.86. The number of carbonyl (C=O) groups excluding carboxylic acids is 2. The highest BCUT2D eigenvalue weighted by atomic mass is 79.9. The lowest BCUT2D eigenvalue weighted by atomic mass is 9.79. The molecule has 3 aromatic rings. The van der Waals surface area contributed by atoms with Gasteiger partial charge < -0.3 is 20.5 Å². The number of amides is 2. The average Bonchev–Trinajstić information content (AvgIpc) is 3.13. The third-order valence-corrected chi connectivity index (χ3v) is 7.04. The fourth-order valence-electron chi connectivity index (χ4n) is 4.79. The number of benzene rings is 3. The topological polar surface area (TPSA) is 105 Å². The fraction of sp³-hybridized carbons (Fsp3) is 0.222. The van der Waals surface area contributed by atoms with Crippen molar-refractivity contribution in [3.63, 3.8) is 0 Å². The van der Waals surface area contributed by atoms with E-state index in [1.807, 2.05) is 24.3 Å². The number of nitrogens with one attached hydrogen (secondary N) is 2. The summed E-state index contributed by atoms with van der Waals surface area (Å²) in [6.45, 7) is 0.241. The molecule has 3 aromatic carbocycles. The van der Waals surface area contributed by atoms with Gasteiger partial charge in [-0.15, -0.1) is 0 Å². The van der Waals surface area contributed by atoms with Gasteiger partial charge in [0.2, 0.25) is 5.91 Å². The molecule has 0 heterocycles. The molecule has 0 bridgehead atoms. The molecule has 35 heavy (non-hydrogen) atoms. The smallest absolute Gasteiger partial charge is 0.407 e. The van der Waals surface area contributed by atoms with Gasteiger partial charge in [-0.3, -0.25) is 4.79 Å². The van der Waals surface area contributed by atoms with Crippen molar-refractivity contribution in [3.05, 3.63) is 87.9 Å². The number of rotatable bonds is 6. The van der Waals surface area contributed by atoms with E-state index in [-0.39, 0.29) is 36.0 Å². The summed E-state index contributed by atoms with van der Waals surface area (Å²) in [7, 11) is 0. The lowest BCUT2D eigenvalue weighted by Gasteiger charge is -2.34. The molecule has 0 saturated heterocycles. The standard InChI is InChI=1S/C27H23BrN2O5/c28-17-9-16(26(32)33)12-19(13-17)29-25(31)15-10-18(11-15)30-27(34)35-14-24-22-7-3-1-5-20(22)21-6-2-4-8-23(21)24/h1-9,12-13,15,18,24H,10-11,14H2,(H,29,31)(H,30,34)(H,32,33). The van der Waals surface area contributed by atoms with Crippen LogP contribution in [0.3, 0.4) is 0 Å². The summed E-state index contributed by atoms with van der Waals surface area (Å²) in [4.78, 5) is 36.2. The highest BCUT2D eigenvalue weighted by Gasteiger charge is 2.36. The van der Waals surface area contributed by atoms with E-state index in [1.165, 1.54) is 23.3 Å². The SMILES string of the molecule is O=C(NC1CC(C(=O)Nc2cc(Br)cc(C(=O)O)c2)C1)OCC1c2ccccc2-c2ccccc21. The summed E-state index contributed by atoms with van der Waals surface area (Å²) >= 11 is 3.26. The number of fused-ring (bicyclic) bond motifs is 3. The molecule has 0 radical (unpaired) electrons. The maximum Gasteiger partial charge on any atom is 0.407 e. The van der Waals surface area contributed by atoms with Crippen molar-refractivity contribution in [2.24, 2.45) is 5.92 Å². The van der Waals surface area contributed by atoms with E-state index in [2.05, 4.69) is 50.8 Å². The van der Waals surface area contributed by atoms with Gasteiger partial charge in [-0.05, 0) is 53.3 Å². The molecule has 2 aliphatic carbocycles. The predicted octanol–water partition coefficient (Wildman–Crippen LogP) is 5.40. The normalized spacial score (nSPS) is 18.1. The molecule has 0 aliphatic heterocycles. The first-order chi connectivity index (χ1) is 16.9. The lowest BCUT2D eigenvalue weighted by Crippen LogP contribution is -2.48. The van der Waals surface area contributed by atoms with E-state index in [0.717, 1.165) is 11.1 Å². The summed E-state index contributed by atoms with van der Waals surface area (Å²) in [5, 5.41) is 14.8. The van der Waals surface area contributed by atoms with Gasteiger partial charge in [0.15, 0.2) is 0 Å². The average molecular weight is 535 g/mol. The van der Waals surface area contributed by atoms with Crippen LogP contribution >= 0.6 is 15.9 Å². The van der Waals surface area contributed by atoms with Gasteiger partial charge in [0.25, 0.3) is 0 Å².